The van der Waals surface area contributed by atoms with Crippen LogP contribution in [0.15, 0.2) is 53.3 Å². The van der Waals surface area contributed by atoms with E-state index in [0.29, 0.717) is 12.1 Å². The number of nitrogens with zero attached hydrogens (tertiary/aromatic N) is 4. The fourth-order valence-electron chi connectivity index (χ4n) is 3.46. The normalized spacial score (nSPS) is 11.3. The van der Waals surface area contributed by atoms with Gasteiger partial charge in [-0.1, -0.05) is 38.1 Å². The monoisotopic (exact) mass is 405 g/mol. The number of hydrogen-bond acceptors (Lipinski definition) is 5. The lowest BCUT2D eigenvalue weighted by molar-refractivity contribution is -0.121. The molecule has 0 spiro atoms. The molecule has 4 aromatic rings. The number of rotatable bonds is 6. The molecule has 0 aliphatic rings. The van der Waals surface area contributed by atoms with Gasteiger partial charge in [-0.3, -0.25) is 18.6 Å². The minimum atomic E-state index is -0.340. The van der Waals surface area contributed by atoms with E-state index in [1.165, 1.54) is 4.57 Å². The van der Waals surface area contributed by atoms with Crippen molar-refractivity contribution in [3.8, 4) is 5.75 Å². The molecular formula is C22H23N5O3. The summed E-state index contributed by atoms with van der Waals surface area (Å²) in [6, 6.07) is 14.9. The molecule has 0 radical (unpaired) electrons. The lowest BCUT2D eigenvalue weighted by Gasteiger charge is -2.13. The predicted molar refractivity (Wildman–Crippen MR) is 114 cm³/mol. The van der Waals surface area contributed by atoms with Crippen molar-refractivity contribution in [1.82, 2.24) is 24.5 Å². The first-order chi connectivity index (χ1) is 14.5. The second-order valence-corrected chi connectivity index (χ2v) is 7.38. The summed E-state index contributed by atoms with van der Waals surface area (Å²) in [6.07, 6.45) is 0. The summed E-state index contributed by atoms with van der Waals surface area (Å²) in [5.74, 6) is 1.32. The Hall–Kier alpha value is -3.68. The largest absolute Gasteiger partial charge is 0.497 e. The van der Waals surface area contributed by atoms with Crippen LogP contribution in [0.3, 0.4) is 0 Å². The maximum atomic E-state index is 13.1. The van der Waals surface area contributed by atoms with E-state index in [1.807, 2.05) is 62.4 Å². The second-order valence-electron chi connectivity index (χ2n) is 7.38. The molecule has 0 aliphatic heterocycles. The molecule has 0 saturated carbocycles. The number of methoxy groups -OCH3 is 1. The number of benzene rings is 2. The summed E-state index contributed by atoms with van der Waals surface area (Å²) in [5.41, 5.74) is 2.28. The molecular weight excluding hydrogens is 382 g/mol. The van der Waals surface area contributed by atoms with Crippen molar-refractivity contribution in [2.45, 2.75) is 32.9 Å². The summed E-state index contributed by atoms with van der Waals surface area (Å²) in [5, 5.41) is 11.2. The molecule has 2 heterocycles. The molecule has 1 amide bonds. The number of carbonyl (C=O) groups is 1. The van der Waals surface area contributed by atoms with Gasteiger partial charge >= 0.3 is 0 Å². The van der Waals surface area contributed by atoms with E-state index in [2.05, 4.69) is 15.5 Å². The first-order valence-electron chi connectivity index (χ1n) is 9.75. The van der Waals surface area contributed by atoms with Gasteiger partial charge in [0.05, 0.1) is 18.1 Å². The van der Waals surface area contributed by atoms with Crippen molar-refractivity contribution in [3.63, 3.8) is 0 Å². The van der Waals surface area contributed by atoms with E-state index in [9.17, 15) is 9.59 Å². The Kier molecular flexibility index (Phi) is 5.22. The number of carbonyl (C=O) groups excluding carboxylic acids is 1. The van der Waals surface area contributed by atoms with Crippen LogP contribution in [0.25, 0.3) is 16.7 Å². The van der Waals surface area contributed by atoms with E-state index in [1.54, 1.807) is 11.5 Å². The fraction of sp³-hybridized carbons (Fsp3) is 0.273. The SMILES string of the molecule is COc1ccc(CNC(=O)Cn2c(=O)c3nnc(C(C)C)n3c3ccccc32)cc1. The molecule has 2 aromatic heterocycles. The fourth-order valence-corrected chi connectivity index (χ4v) is 3.46. The summed E-state index contributed by atoms with van der Waals surface area (Å²) in [6.45, 7) is 4.27. The number of ether oxygens (including phenoxy) is 1. The highest BCUT2D eigenvalue weighted by Gasteiger charge is 2.19. The van der Waals surface area contributed by atoms with Gasteiger partial charge in [0.15, 0.2) is 0 Å². The van der Waals surface area contributed by atoms with Crippen LogP contribution in [0.4, 0.5) is 0 Å². The zero-order valence-electron chi connectivity index (χ0n) is 17.1. The van der Waals surface area contributed by atoms with E-state index in [-0.39, 0.29) is 29.6 Å². The minimum Gasteiger partial charge on any atom is -0.497 e. The lowest BCUT2D eigenvalue weighted by atomic mass is 10.2. The topological polar surface area (TPSA) is 90.5 Å². The van der Waals surface area contributed by atoms with Crippen molar-refractivity contribution in [3.05, 3.63) is 70.3 Å². The van der Waals surface area contributed by atoms with Crippen molar-refractivity contribution < 1.29 is 9.53 Å². The summed E-state index contributed by atoms with van der Waals surface area (Å²) < 4.78 is 8.38. The molecule has 0 bridgehead atoms. The van der Waals surface area contributed by atoms with Crippen molar-refractivity contribution in [1.29, 1.82) is 0 Å². The Bertz CT molecular complexity index is 1270. The van der Waals surface area contributed by atoms with Gasteiger partial charge in [-0.2, -0.15) is 0 Å². The van der Waals surface area contributed by atoms with Gasteiger partial charge in [0.2, 0.25) is 11.6 Å². The number of fused-ring (bicyclic) bond motifs is 3. The van der Waals surface area contributed by atoms with Gasteiger partial charge in [0, 0.05) is 12.5 Å². The molecule has 0 atom stereocenters. The average Bonchev–Trinajstić information content (AvgIpc) is 3.21. The van der Waals surface area contributed by atoms with Gasteiger partial charge in [-0.05, 0) is 29.8 Å². The maximum absolute atomic E-state index is 13.1. The molecule has 8 nitrogen and oxygen atoms in total. The van der Waals surface area contributed by atoms with E-state index >= 15 is 0 Å². The van der Waals surface area contributed by atoms with Crippen LogP contribution in [0.2, 0.25) is 0 Å². The van der Waals surface area contributed by atoms with Crippen LogP contribution in [0.5, 0.6) is 5.75 Å². The van der Waals surface area contributed by atoms with Gasteiger partial charge in [-0.15, -0.1) is 10.2 Å². The Morgan fingerprint density at radius 1 is 1.07 bits per heavy atom. The molecule has 8 heteroatoms. The van der Waals surface area contributed by atoms with Crippen molar-refractivity contribution >= 4 is 22.6 Å². The Labute approximate surface area is 173 Å². The first-order valence-corrected chi connectivity index (χ1v) is 9.75. The zero-order valence-corrected chi connectivity index (χ0v) is 17.1. The maximum Gasteiger partial charge on any atom is 0.297 e. The highest BCUT2D eigenvalue weighted by Crippen LogP contribution is 2.19. The smallest absolute Gasteiger partial charge is 0.297 e. The first kappa shape index (κ1) is 19.6. The van der Waals surface area contributed by atoms with Crippen molar-refractivity contribution in [2.24, 2.45) is 0 Å². The molecule has 0 saturated heterocycles. The summed E-state index contributed by atoms with van der Waals surface area (Å²) >= 11 is 0. The number of nitrogens with one attached hydrogen (secondary N) is 1. The summed E-state index contributed by atoms with van der Waals surface area (Å²) in [4.78, 5) is 25.7. The third-order valence-electron chi connectivity index (χ3n) is 5.00. The van der Waals surface area contributed by atoms with Crippen LogP contribution in [-0.2, 0) is 17.9 Å². The van der Waals surface area contributed by atoms with Crippen LogP contribution < -0.4 is 15.6 Å². The molecule has 30 heavy (non-hydrogen) atoms. The third-order valence-corrected chi connectivity index (χ3v) is 5.00. The molecule has 0 fully saturated rings. The second kappa shape index (κ2) is 7.98. The van der Waals surface area contributed by atoms with Gasteiger partial charge in [0.1, 0.15) is 18.1 Å². The molecule has 1 N–H and O–H groups in total. The number of amides is 1. The highest BCUT2D eigenvalue weighted by molar-refractivity contribution is 5.82. The predicted octanol–water partition coefficient (Wildman–Crippen LogP) is 2.49. The number of hydrogen-bond donors (Lipinski definition) is 1. The average molecular weight is 405 g/mol. The van der Waals surface area contributed by atoms with Gasteiger partial charge in [-0.25, -0.2) is 0 Å². The Balaban J connectivity index is 1.65. The molecule has 4 rings (SSSR count). The standard InChI is InChI=1S/C22H23N5O3/c1-14(2)20-24-25-21-22(29)26(17-6-4-5-7-18(17)27(20)21)13-19(28)23-12-15-8-10-16(30-3)11-9-15/h4-11,14H,12-13H2,1-3H3,(H,23,28). The molecule has 0 unspecified atom stereocenters. The van der Waals surface area contributed by atoms with Crippen LogP contribution in [-0.4, -0.2) is 32.2 Å². The third kappa shape index (κ3) is 3.52. The number of aromatic nitrogens is 4. The van der Waals surface area contributed by atoms with Crippen LogP contribution >= 0.6 is 0 Å². The highest BCUT2D eigenvalue weighted by atomic mass is 16.5. The minimum absolute atomic E-state index is 0.101. The molecule has 154 valence electrons. The van der Waals surface area contributed by atoms with E-state index in [0.717, 1.165) is 22.7 Å². The molecule has 2 aromatic carbocycles. The van der Waals surface area contributed by atoms with Gasteiger partial charge in [0.25, 0.3) is 5.56 Å². The van der Waals surface area contributed by atoms with E-state index < -0.39 is 0 Å². The summed E-state index contributed by atoms with van der Waals surface area (Å²) in [7, 11) is 1.61. The van der Waals surface area contributed by atoms with Gasteiger partial charge < -0.3 is 10.1 Å². The Morgan fingerprint density at radius 3 is 2.43 bits per heavy atom. The zero-order chi connectivity index (χ0) is 21.3. The number of para-hydroxylation sites is 2. The van der Waals surface area contributed by atoms with Crippen LogP contribution in [0, 0.1) is 0 Å². The lowest BCUT2D eigenvalue weighted by Crippen LogP contribution is -2.33. The quantitative estimate of drug-likeness (QED) is 0.532. The Morgan fingerprint density at radius 2 is 1.77 bits per heavy atom. The van der Waals surface area contributed by atoms with Crippen molar-refractivity contribution in [2.75, 3.05) is 7.11 Å². The molecule has 0 aliphatic carbocycles. The van der Waals surface area contributed by atoms with E-state index in [4.69, 9.17) is 4.74 Å². The van der Waals surface area contributed by atoms with Crippen LogP contribution in [0.1, 0.15) is 31.2 Å².